The molecule has 1 heterocycles. The van der Waals surface area contributed by atoms with Crippen LogP contribution in [-0.4, -0.2) is 32.6 Å². The van der Waals surface area contributed by atoms with E-state index < -0.39 is 5.97 Å². The van der Waals surface area contributed by atoms with Crippen molar-refractivity contribution in [1.82, 2.24) is 5.32 Å². The van der Waals surface area contributed by atoms with Gasteiger partial charge >= 0.3 is 5.97 Å². The summed E-state index contributed by atoms with van der Waals surface area (Å²) in [6.07, 6.45) is 0. The SMILES string of the molecule is COc1cc(OC)cc(C(=O)OCc2ccc(-c3oc4ccccc4c3C(=O)NCC(C)C)cc2)c1. The van der Waals surface area contributed by atoms with Crippen LogP contribution in [0.5, 0.6) is 11.5 Å². The standard InChI is InChI=1S/C29H29NO6/c1-18(2)16-30-28(31)26-24-7-5-6-8-25(24)36-27(26)20-11-9-19(10-12-20)17-35-29(32)21-13-22(33-3)15-23(14-21)34-4/h5-15,18H,16-17H2,1-4H3,(H,30,31). The number of rotatable bonds is 9. The summed E-state index contributed by atoms with van der Waals surface area (Å²) in [7, 11) is 3.04. The number of fused-ring (bicyclic) bond motifs is 1. The van der Waals surface area contributed by atoms with Crippen LogP contribution in [0.15, 0.2) is 71.1 Å². The van der Waals surface area contributed by atoms with Crippen molar-refractivity contribution in [3.05, 3.63) is 83.4 Å². The van der Waals surface area contributed by atoms with Crippen LogP contribution < -0.4 is 14.8 Å². The molecular weight excluding hydrogens is 458 g/mol. The molecule has 7 heteroatoms. The minimum absolute atomic E-state index is 0.0838. The Morgan fingerprint density at radius 3 is 2.22 bits per heavy atom. The molecule has 1 aromatic heterocycles. The van der Waals surface area contributed by atoms with Crippen LogP contribution in [0.4, 0.5) is 0 Å². The van der Waals surface area contributed by atoms with Crippen LogP contribution in [0, 0.1) is 5.92 Å². The molecule has 0 fully saturated rings. The minimum atomic E-state index is -0.488. The smallest absolute Gasteiger partial charge is 0.338 e. The molecule has 0 saturated carbocycles. The Bertz CT molecular complexity index is 1350. The van der Waals surface area contributed by atoms with E-state index in [0.717, 1.165) is 16.5 Å². The summed E-state index contributed by atoms with van der Waals surface area (Å²) in [6.45, 7) is 4.75. The van der Waals surface area contributed by atoms with Gasteiger partial charge in [0.25, 0.3) is 5.91 Å². The van der Waals surface area contributed by atoms with Gasteiger partial charge in [0, 0.05) is 23.6 Å². The molecule has 4 aromatic rings. The van der Waals surface area contributed by atoms with E-state index in [1.54, 1.807) is 18.2 Å². The molecule has 1 N–H and O–H groups in total. The van der Waals surface area contributed by atoms with Crippen LogP contribution in [-0.2, 0) is 11.3 Å². The maximum absolute atomic E-state index is 13.0. The first kappa shape index (κ1) is 24.9. The van der Waals surface area contributed by atoms with E-state index in [2.05, 4.69) is 5.32 Å². The van der Waals surface area contributed by atoms with Gasteiger partial charge in [0.05, 0.1) is 25.3 Å². The molecule has 0 radical (unpaired) electrons. The number of ether oxygens (including phenoxy) is 3. The fourth-order valence-corrected chi connectivity index (χ4v) is 3.77. The molecule has 3 aromatic carbocycles. The largest absolute Gasteiger partial charge is 0.497 e. The predicted octanol–water partition coefficient (Wildman–Crippen LogP) is 5.86. The van der Waals surface area contributed by atoms with Crippen molar-refractivity contribution in [2.75, 3.05) is 20.8 Å². The fourth-order valence-electron chi connectivity index (χ4n) is 3.77. The monoisotopic (exact) mass is 487 g/mol. The third-order valence-corrected chi connectivity index (χ3v) is 5.67. The summed E-state index contributed by atoms with van der Waals surface area (Å²) in [4.78, 5) is 25.6. The van der Waals surface area contributed by atoms with Crippen molar-refractivity contribution in [1.29, 1.82) is 0 Å². The summed E-state index contributed by atoms with van der Waals surface area (Å²) in [5.74, 6) is 1.18. The highest BCUT2D eigenvalue weighted by atomic mass is 16.5. The zero-order valence-electron chi connectivity index (χ0n) is 20.8. The number of carbonyl (C=O) groups excluding carboxylic acids is 2. The van der Waals surface area contributed by atoms with Crippen molar-refractivity contribution in [2.24, 2.45) is 5.92 Å². The first-order chi connectivity index (χ1) is 17.4. The van der Waals surface area contributed by atoms with Gasteiger partial charge < -0.3 is 23.9 Å². The van der Waals surface area contributed by atoms with Crippen LogP contribution in [0.25, 0.3) is 22.3 Å². The summed E-state index contributed by atoms with van der Waals surface area (Å²) in [6, 6.07) is 19.8. The molecule has 4 rings (SSSR count). The molecule has 0 bridgehead atoms. The molecule has 36 heavy (non-hydrogen) atoms. The van der Waals surface area contributed by atoms with Crippen molar-refractivity contribution >= 4 is 22.8 Å². The molecule has 0 aliphatic heterocycles. The Hall–Kier alpha value is -4.26. The second-order valence-corrected chi connectivity index (χ2v) is 8.78. The van der Waals surface area contributed by atoms with E-state index in [-0.39, 0.29) is 12.5 Å². The topological polar surface area (TPSA) is 87.0 Å². The lowest BCUT2D eigenvalue weighted by atomic mass is 10.0. The summed E-state index contributed by atoms with van der Waals surface area (Å²) >= 11 is 0. The molecule has 0 spiro atoms. The summed E-state index contributed by atoms with van der Waals surface area (Å²) in [5, 5.41) is 3.75. The number of hydrogen-bond acceptors (Lipinski definition) is 6. The Morgan fingerprint density at radius 2 is 1.58 bits per heavy atom. The molecule has 0 unspecified atom stereocenters. The van der Waals surface area contributed by atoms with Crippen LogP contribution >= 0.6 is 0 Å². The highest BCUT2D eigenvalue weighted by Crippen LogP contribution is 2.34. The zero-order valence-corrected chi connectivity index (χ0v) is 20.8. The molecule has 0 atom stereocenters. The average Bonchev–Trinajstić information content (AvgIpc) is 3.30. The van der Waals surface area contributed by atoms with Gasteiger partial charge in [0.1, 0.15) is 29.4 Å². The van der Waals surface area contributed by atoms with E-state index >= 15 is 0 Å². The average molecular weight is 488 g/mol. The van der Waals surface area contributed by atoms with E-state index in [1.165, 1.54) is 14.2 Å². The van der Waals surface area contributed by atoms with E-state index in [4.69, 9.17) is 18.6 Å². The number of benzene rings is 3. The lowest BCUT2D eigenvalue weighted by Crippen LogP contribution is -2.27. The second kappa shape index (κ2) is 11.0. The van der Waals surface area contributed by atoms with Crippen molar-refractivity contribution in [3.8, 4) is 22.8 Å². The van der Waals surface area contributed by atoms with Gasteiger partial charge in [-0.1, -0.05) is 56.3 Å². The van der Waals surface area contributed by atoms with Crippen LogP contribution in [0.1, 0.15) is 40.1 Å². The summed E-state index contributed by atoms with van der Waals surface area (Å²) in [5.41, 5.74) is 3.05. The van der Waals surface area contributed by atoms with Crippen LogP contribution in [0.2, 0.25) is 0 Å². The first-order valence-electron chi connectivity index (χ1n) is 11.7. The van der Waals surface area contributed by atoms with Gasteiger partial charge in [-0.3, -0.25) is 4.79 Å². The van der Waals surface area contributed by atoms with Crippen molar-refractivity contribution in [2.45, 2.75) is 20.5 Å². The normalized spacial score (nSPS) is 10.9. The molecule has 0 aliphatic rings. The lowest BCUT2D eigenvalue weighted by molar-refractivity contribution is 0.0471. The predicted molar refractivity (Wildman–Crippen MR) is 137 cm³/mol. The maximum Gasteiger partial charge on any atom is 0.338 e. The highest BCUT2D eigenvalue weighted by Gasteiger charge is 2.22. The maximum atomic E-state index is 13.0. The molecular formula is C29H29NO6. The molecule has 0 saturated heterocycles. The Labute approximate surface area is 210 Å². The number of hydrogen-bond donors (Lipinski definition) is 1. The Kier molecular flexibility index (Phi) is 7.59. The molecule has 1 amide bonds. The fraction of sp³-hybridized carbons (Fsp3) is 0.241. The van der Waals surface area contributed by atoms with E-state index in [0.29, 0.717) is 46.4 Å². The van der Waals surface area contributed by atoms with Gasteiger partial charge in [-0.25, -0.2) is 4.79 Å². The van der Waals surface area contributed by atoms with Gasteiger partial charge in [-0.05, 0) is 29.7 Å². The number of amides is 1. The van der Waals surface area contributed by atoms with Gasteiger partial charge in [-0.2, -0.15) is 0 Å². The number of nitrogens with one attached hydrogen (secondary N) is 1. The number of furan rings is 1. The first-order valence-corrected chi connectivity index (χ1v) is 11.7. The number of esters is 1. The number of methoxy groups -OCH3 is 2. The molecule has 186 valence electrons. The van der Waals surface area contributed by atoms with E-state index in [1.807, 2.05) is 62.4 Å². The molecule has 0 aliphatic carbocycles. The molecule has 7 nitrogen and oxygen atoms in total. The minimum Gasteiger partial charge on any atom is -0.497 e. The summed E-state index contributed by atoms with van der Waals surface area (Å²) < 4.78 is 22.0. The van der Waals surface area contributed by atoms with Gasteiger partial charge in [-0.15, -0.1) is 0 Å². The number of carbonyl (C=O) groups is 2. The zero-order chi connectivity index (χ0) is 25.7. The van der Waals surface area contributed by atoms with Gasteiger partial charge in [0.2, 0.25) is 0 Å². The quantitative estimate of drug-likeness (QED) is 0.298. The van der Waals surface area contributed by atoms with E-state index in [9.17, 15) is 9.59 Å². The van der Waals surface area contributed by atoms with Crippen molar-refractivity contribution in [3.63, 3.8) is 0 Å². The highest BCUT2D eigenvalue weighted by molar-refractivity contribution is 6.11. The third-order valence-electron chi connectivity index (χ3n) is 5.67. The van der Waals surface area contributed by atoms with Crippen LogP contribution in [0.3, 0.4) is 0 Å². The lowest BCUT2D eigenvalue weighted by Gasteiger charge is -2.10. The Balaban J connectivity index is 1.53. The van der Waals surface area contributed by atoms with Crippen molar-refractivity contribution < 1.29 is 28.2 Å². The Morgan fingerprint density at radius 1 is 0.917 bits per heavy atom. The second-order valence-electron chi connectivity index (χ2n) is 8.78. The van der Waals surface area contributed by atoms with Gasteiger partial charge in [0.15, 0.2) is 0 Å². The third kappa shape index (κ3) is 5.51. The number of para-hydroxylation sites is 1.